The molecule has 1 aromatic rings. The summed E-state index contributed by atoms with van der Waals surface area (Å²) >= 11 is 4.97. The zero-order chi connectivity index (χ0) is 6.69. The van der Waals surface area contributed by atoms with Crippen LogP contribution in [0.25, 0.3) is 0 Å². The summed E-state index contributed by atoms with van der Waals surface area (Å²) in [6.07, 6.45) is 1.76. The number of halogens is 1. The highest BCUT2D eigenvalue weighted by Gasteiger charge is 1.94. The van der Waals surface area contributed by atoms with Gasteiger partial charge in [-0.3, -0.25) is 0 Å². The number of hydrogen-bond donors (Lipinski definition) is 1. The minimum Gasteiger partial charge on any atom is -0.328 e. The van der Waals surface area contributed by atoms with E-state index in [9.17, 15) is 0 Å². The molecule has 1 N–H and O–H groups in total. The molecule has 0 unspecified atom stereocenters. The Hall–Kier alpha value is 0.0400. The Balaban J connectivity index is 2.61. The van der Waals surface area contributed by atoms with Crippen LogP contribution in [0.2, 0.25) is 0 Å². The minimum atomic E-state index is 0.943. The Kier molecular flexibility index (Phi) is 2.60. The number of hydrogen-bond acceptors (Lipinski definition) is 2. The first-order valence-corrected chi connectivity index (χ1v) is 4.44. The van der Waals surface area contributed by atoms with Crippen molar-refractivity contribution in [1.82, 2.24) is 9.97 Å². The van der Waals surface area contributed by atoms with Crippen molar-refractivity contribution in [3.05, 3.63) is 10.8 Å². The lowest BCUT2D eigenvalue weighted by Crippen LogP contribution is -1.72. The minimum absolute atomic E-state index is 0.943. The molecule has 0 aliphatic heterocycles. The van der Waals surface area contributed by atoms with Crippen LogP contribution in [-0.2, 0) is 0 Å². The van der Waals surface area contributed by atoms with Gasteiger partial charge in [-0.05, 0) is 21.7 Å². The Morgan fingerprint density at radius 3 is 3.11 bits per heavy atom. The zero-order valence-electron chi connectivity index (χ0n) is 5.02. The molecule has 0 aromatic carbocycles. The first-order chi connectivity index (χ1) is 4.33. The number of nitrogens with one attached hydrogen (secondary N) is 1. The number of aromatic nitrogens is 2. The first kappa shape index (κ1) is 7.15. The van der Waals surface area contributed by atoms with Crippen molar-refractivity contribution in [3.8, 4) is 0 Å². The van der Waals surface area contributed by atoms with Crippen LogP contribution < -0.4 is 0 Å². The van der Waals surface area contributed by atoms with Crippen molar-refractivity contribution in [2.75, 3.05) is 5.75 Å². The molecule has 0 spiro atoms. The van der Waals surface area contributed by atoms with Crippen LogP contribution in [0.3, 0.4) is 0 Å². The van der Waals surface area contributed by atoms with E-state index in [4.69, 9.17) is 0 Å². The average molecular weight is 207 g/mol. The van der Waals surface area contributed by atoms with E-state index in [0.29, 0.717) is 0 Å². The molecule has 0 saturated carbocycles. The molecule has 0 amide bonds. The van der Waals surface area contributed by atoms with E-state index >= 15 is 0 Å². The maximum atomic E-state index is 4.07. The molecule has 1 rings (SSSR count). The molecule has 0 bridgehead atoms. The maximum absolute atomic E-state index is 4.07. The Labute approximate surface area is 66.6 Å². The fourth-order valence-corrected chi connectivity index (χ4v) is 1.50. The fourth-order valence-electron chi connectivity index (χ4n) is 0.492. The predicted octanol–water partition coefficient (Wildman–Crippen LogP) is 2.28. The molecule has 0 aliphatic rings. The molecule has 0 atom stereocenters. The molecule has 4 heteroatoms. The van der Waals surface area contributed by atoms with Crippen molar-refractivity contribution in [2.45, 2.75) is 12.1 Å². The Morgan fingerprint density at radius 2 is 2.67 bits per heavy atom. The summed E-state index contributed by atoms with van der Waals surface area (Å²) in [7, 11) is 0. The van der Waals surface area contributed by atoms with Gasteiger partial charge in [0.15, 0.2) is 5.16 Å². The molecule has 1 aromatic heterocycles. The van der Waals surface area contributed by atoms with Crippen LogP contribution in [0.5, 0.6) is 0 Å². The highest BCUT2D eigenvalue weighted by molar-refractivity contribution is 9.10. The van der Waals surface area contributed by atoms with Gasteiger partial charge >= 0.3 is 0 Å². The quantitative estimate of drug-likeness (QED) is 0.753. The Bertz CT molecular complexity index is 187. The lowest BCUT2D eigenvalue weighted by Gasteiger charge is -1.86. The van der Waals surface area contributed by atoms with E-state index in [1.165, 1.54) is 0 Å². The third-order valence-corrected chi connectivity index (χ3v) is 1.98. The molecule has 50 valence electrons. The van der Waals surface area contributed by atoms with Crippen molar-refractivity contribution < 1.29 is 0 Å². The third kappa shape index (κ3) is 2.02. The highest BCUT2D eigenvalue weighted by Crippen LogP contribution is 2.15. The number of nitrogens with zero attached hydrogens (tertiary/aromatic N) is 1. The van der Waals surface area contributed by atoms with Gasteiger partial charge in [0.2, 0.25) is 0 Å². The summed E-state index contributed by atoms with van der Waals surface area (Å²) in [6.45, 7) is 2.10. The lowest BCUT2D eigenvalue weighted by molar-refractivity contribution is 1.05. The fraction of sp³-hybridized carbons (Fsp3) is 0.400. The molecule has 0 aliphatic carbocycles. The number of aromatic amines is 1. The second kappa shape index (κ2) is 3.27. The predicted molar refractivity (Wildman–Crippen MR) is 42.7 cm³/mol. The largest absolute Gasteiger partial charge is 0.328 e. The molecule has 0 saturated heterocycles. The second-order valence-corrected chi connectivity index (χ2v) is 3.58. The molecular weight excluding hydrogens is 200 g/mol. The first-order valence-electron chi connectivity index (χ1n) is 2.66. The van der Waals surface area contributed by atoms with Crippen LogP contribution in [-0.4, -0.2) is 15.7 Å². The molecule has 2 nitrogen and oxygen atoms in total. The van der Waals surface area contributed by atoms with Gasteiger partial charge in [-0.15, -0.1) is 0 Å². The normalized spacial score (nSPS) is 10.0. The number of rotatable bonds is 2. The Morgan fingerprint density at radius 1 is 1.89 bits per heavy atom. The summed E-state index contributed by atoms with van der Waals surface area (Å²) in [5.74, 6) is 1.06. The number of H-pyrrole nitrogens is 1. The summed E-state index contributed by atoms with van der Waals surface area (Å²) in [6, 6.07) is 0. The van der Waals surface area contributed by atoms with Crippen LogP contribution in [0.15, 0.2) is 16.0 Å². The summed E-state index contributed by atoms with van der Waals surface area (Å²) in [4.78, 5) is 7.11. The van der Waals surface area contributed by atoms with Gasteiger partial charge in [0.05, 0.1) is 6.20 Å². The van der Waals surface area contributed by atoms with Crippen LogP contribution in [0.1, 0.15) is 6.92 Å². The van der Waals surface area contributed by atoms with Crippen molar-refractivity contribution in [1.29, 1.82) is 0 Å². The third-order valence-electron chi connectivity index (χ3n) is 0.803. The SMILES string of the molecule is CCSc1ncc(Br)[nH]1. The topological polar surface area (TPSA) is 28.7 Å². The van der Waals surface area contributed by atoms with E-state index in [0.717, 1.165) is 15.5 Å². The van der Waals surface area contributed by atoms with Gasteiger partial charge in [-0.2, -0.15) is 0 Å². The van der Waals surface area contributed by atoms with Crippen molar-refractivity contribution >= 4 is 27.7 Å². The summed E-state index contributed by atoms with van der Waals surface area (Å²) < 4.78 is 0.943. The second-order valence-electron chi connectivity index (χ2n) is 1.47. The van der Waals surface area contributed by atoms with E-state index < -0.39 is 0 Å². The molecular formula is C5H7BrN2S. The maximum Gasteiger partial charge on any atom is 0.166 e. The summed E-state index contributed by atoms with van der Waals surface area (Å²) in [5, 5.41) is 0.976. The molecule has 1 heterocycles. The average Bonchev–Trinajstić information content (AvgIpc) is 2.17. The van der Waals surface area contributed by atoms with Crippen molar-refractivity contribution in [3.63, 3.8) is 0 Å². The van der Waals surface area contributed by atoms with Gasteiger partial charge in [0.25, 0.3) is 0 Å². The molecule has 0 fully saturated rings. The van der Waals surface area contributed by atoms with Gasteiger partial charge in [-0.1, -0.05) is 18.7 Å². The van der Waals surface area contributed by atoms with Gasteiger partial charge < -0.3 is 4.98 Å². The van der Waals surface area contributed by atoms with E-state index in [1.54, 1.807) is 18.0 Å². The van der Waals surface area contributed by atoms with Gasteiger partial charge in [0, 0.05) is 0 Å². The monoisotopic (exact) mass is 206 g/mol. The van der Waals surface area contributed by atoms with E-state index in [-0.39, 0.29) is 0 Å². The standard InChI is InChI=1S/C5H7BrN2S/c1-2-9-5-7-3-4(6)8-5/h3H,2H2,1H3,(H,7,8). The smallest absolute Gasteiger partial charge is 0.166 e. The van der Waals surface area contributed by atoms with Crippen LogP contribution in [0.4, 0.5) is 0 Å². The van der Waals surface area contributed by atoms with E-state index in [2.05, 4.69) is 32.8 Å². The van der Waals surface area contributed by atoms with Crippen LogP contribution in [0, 0.1) is 0 Å². The number of imidazole rings is 1. The summed E-state index contributed by atoms with van der Waals surface area (Å²) in [5.41, 5.74) is 0. The molecule has 9 heavy (non-hydrogen) atoms. The van der Waals surface area contributed by atoms with Gasteiger partial charge in [0.1, 0.15) is 4.60 Å². The van der Waals surface area contributed by atoms with E-state index in [1.807, 2.05) is 0 Å². The molecule has 0 radical (unpaired) electrons. The number of thioether (sulfide) groups is 1. The zero-order valence-corrected chi connectivity index (χ0v) is 7.42. The van der Waals surface area contributed by atoms with Crippen molar-refractivity contribution in [2.24, 2.45) is 0 Å². The van der Waals surface area contributed by atoms with Gasteiger partial charge in [-0.25, -0.2) is 4.98 Å². The lowest BCUT2D eigenvalue weighted by atomic mass is 11.0. The highest BCUT2D eigenvalue weighted by atomic mass is 79.9. The van der Waals surface area contributed by atoms with Crippen LogP contribution >= 0.6 is 27.7 Å².